The summed E-state index contributed by atoms with van der Waals surface area (Å²) in [6.07, 6.45) is -3.58. The fourth-order valence-corrected chi connectivity index (χ4v) is 2.70. The molecule has 5 nitrogen and oxygen atoms in total. The van der Waals surface area contributed by atoms with E-state index >= 15 is 0 Å². The molecule has 8 heteroatoms. The molecule has 0 aromatic heterocycles. The van der Waals surface area contributed by atoms with E-state index in [4.69, 9.17) is 10.00 Å². The lowest BCUT2D eigenvalue weighted by Crippen LogP contribution is -2.24. The van der Waals surface area contributed by atoms with Crippen molar-refractivity contribution in [1.82, 2.24) is 5.43 Å². The Morgan fingerprint density at radius 3 is 2.23 bits per heavy atom. The first-order valence-electron chi connectivity index (χ1n) is 9.08. The highest BCUT2D eigenvalue weighted by Crippen LogP contribution is 2.31. The highest BCUT2D eigenvalue weighted by Gasteiger charge is 2.32. The zero-order valence-corrected chi connectivity index (χ0v) is 16.1. The minimum Gasteiger partial charge on any atom is -0.484 e. The van der Waals surface area contributed by atoms with Gasteiger partial charge in [0.2, 0.25) is 0 Å². The summed E-state index contributed by atoms with van der Waals surface area (Å²) in [6, 6.07) is 21.1. The molecule has 1 amide bonds. The van der Waals surface area contributed by atoms with Crippen molar-refractivity contribution in [3.63, 3.8) is 0 Å². The van der Waals surface area contributed by atoms with Crippen LogP contribution in [0.5, 0.6) is 5.75 Å². The summed E-state index contributed by atoms with van der Waals surface area (Å²) in [5.41, 5.74) is 3.55. The van der Waals surface area contributed by atoms with Gasteiger partial charge in [0, 0.05) is 5.56 Å². The average molecular weight is 423 g/mol. The van der Waals surface area contributed by atoms with Crippen molar-refractivity contribution in [3.8, 4) is 22.9 Å². The number of hydrogen-bond acceptors (Lipinski definition) is 4. The third kappa shape index (κ3) is 5.93. The SMILES string of the molecule is N#Cc1ccc(-c2ccc(OCC(=O)N/N=C\c3ccccc3C(F)(F)F)cc2)cc1. The monoisotopic (exact) mass is 423 g/mol. The number of benzene rings is 3. The van der Waals surface area contributed by atoms with E-state index in [1.807, 2.05) is 12.1 Å². The molecule has 0 atom stereocenters. The minimum atomic E-state index is -4.51. The molecule has 0 spiro atoms. The Morgan fingerprint density at radius 1 is 1.00 bits per heavy atom. The van der Waals surface area contributed by atoms with Gasteiger partial charge in [-0.3, -0.25) is 4.79 Å². The van der Waals surface area contributed by atoms with Crippen LogP contribution in [0.25, 0.3) is 11.1 Å². The van der Waals surface area contributed by atoms with Crippen LogP contribution >= 0.6 is 0 Å². The van der Waals surface area contributed by atoms with E-state index in [0.29, 0.717) is 11.3 Å². The van der Waals surface area contributed by atoms with Crippen molar-refractivity contribution in [1.29, 1.82) is 5.26 Å². The first kappa shape index (κ1) is 21.6. The van der Waals surface area contributed by atoms with Gasteiger partial charge in [-0.15, -0.1) is 0 Å². The maximum atomic E-state index is 12.9. The topological polar surface area (TPSA) is 74.5 Å². The lowest BCUT2D eigenvalue weighted by atomic mass is 10.0. The molecular formula is C23H16F3N3O2. The number of nitrogens with zero attached hydrogens (tertiary/aromatic N) is 2. The highest BCUT2D eigenvalue weighted by molar-refractivity contribution is 5.84. The molecule has 0 saturated carbocycles. The molecule has 0 heterocycles. The summed E-state index contributed by atoms with van der Waals surface area (Å²) in [5.74, 6) is -0.171. The molecule has 1 N–H and O–H groups in total. The van der Waals surface area contributed by atoms with Gasteiger partial charge in [0.25, 0.3) is 5.91 Å². The Hall–Kier alpha value is -4.12. The number of hydrazone groups is 1. The van der Waals surface area contributed by atoms with Crippen molar-refractivity contribution in [2.45, 2.75) is 6.18 Å². The summed E-state index contributed by atoms with van der Waals surface area (Å²) in [6.45, 7) is -0.353. The number of halogens is 3. The van der Waals surface area contributed by atoms with Crippen molar-refractivity contribution in [3.05, 3.63) is 89.5 Å². The maximum absolute atomic E-state index is 12.9. The molecule has 0 saturated heterocycles. The van der Waals surface area contributed by atoms with Gasteiger partial charge in [-0.25, -0.2) is 5.43 Å². The maximum Gasteiger partial charge on any atom is 0.417 e. The van der Waals surface area contributed by atoms with Crippen LogP contribution in [-0.4, -0.2) is 18.7 Å². The summed E-state index contributed by atoms with van der Waals surface area (Å²) in [7, 11) is 0. The number of rotatable bonds is 6. The Labute approximate surface area is 176 Å². The molecule has 0 aliphatic rings. The van der Waals surface area contributed by atoms with Crippen molar-refractivity contribution >= 4 is 12.1 Å². The molecule has 0 fully saturated rings. The van der Waals surface area contributed by atoms with Crippen LogP contribution in [0.1, 0.15) is 16.7 Å². The van der Waals surface area contributed by atoms with Gasteiger partial charge >= 0.3 is 6.18 Å². The summed E-state index contributed by atoms with van der Waals surface area (Å²) < 4.78 is 44.2. The van der Waals surface area contributed by atoms with E-state index in [9.17, 15) is 18.0 Å². The smallest absolute Gasteiger partial charge is 0.417 e. The summed E-state index contributed by atoms with van der Waals surface area (Å²) in [5, 5.41) is 12.4. The lowest BCUT2D eigenvalue weighted by Gasteiger charge is -2.09. The van der Waals surface area contributed by atoms with Crippen molar-refractivity contribution in [2.75, 3.05) is 6.61 Å². The normalized spacial score (nSPS) is 11.2. The molecule has 0 aliphatic heterocycles. The van der Waals surface area contributed by atoms with Crippen LogP contribution in [-0.2, 0) is 11.0 Å². The molecule has 156 valence electrons. The molecular weight excluding hydrogens is 407 g/mol. The Bertz CT molecular complexity index is 1120. The van der Waals surface area contributed by atoms with Crippen LogP contribution in [0.4, 0.5) is 13.2 Å². The largest absolute Gasteiger partial charge is 0.484 e. The molecule has 3 rings (SSSR count). The molecule has 0 radical (unpaired) electrons. The number of hydrogen-bond donors (Lipinski definition) is 1. The number of nitrogens with one attached hydrogen (secondary N) is 1. The Kier molecular flexibility index (Phi) is 6.67. The first-order valence-corrected chi connectivity index (χ1v) is 9.08. The number of carbonyl (C=O) groups is 1. The molecule has 0 unspecified atom stereocenters. The third-order valence-corrected chi connectivity index (χ3v) is 4.23. The van der Waals surface area contributed by atoms with Crippen LogP contribution in [0.2, 0.25) is 0 Å². The lowest BCUT2D eigenvalue weighted by molar-refractivity contribution is -0.137. The fourth-order valence-electron chi connectivity index (χ4n) is 2.70. The Morgan fingerprint density at radius 2 is 1.61 bits per heavy atom. The third-order valence-electron chi connectivity index (χ3n) is 4.23. The number of alkyl halides is 3. The average Bonchev–Trinajstić information content (AvgIpc) is 2.78. The van der Waals surface area contributed by atoms with Gasteiger partial charge in [-0.2, -0.15) is 23.5 Å². The predicted molar refractivity (Wildman–Crippen MR) is 109 cm³/mol. The zero-order chi connectivity index (χ0) is 22.3. The number of nitriles is 1. The predicted octanol–water partition coefficient (Wildman–Crippen LogP) is 4.77. The zero-order valence-electron chi connectivity index (χ0n) is 16.1. The van der Waals surface area contributed by atoms with Gasteiger partial charge in [0.1, 0.15) is 5.75 Å². The van der Waals surface area contributed by atoms with Crippen LogP contribution < -0.4 is 10.2 Å². The van der Waals surface area contributed by atoms with E-state index in [1.54, 1.807) is 36.4 Å². The van der Waals surface area contributed by atoms with Crippen LogP contribution in [0.15, 0.2) is 77.9 Å². The number of ether oxygens (including phenoxy) is 1. The summed E-state index contributed by atoms with van der Waals surface area (Å²) in [4.78, 5) is 11.8. The van der Waals surface area contributed by atoms with E-state index in [2.05, 4.69) is 16.6 Å². The van der Waals surface area contributed by atoms with Gasteiger partial charge < -0.3 is 4.74 Å². The van der Waals surface area contributed by atoms with Gasteiger partial charge in [0.05, 0.1) is 23.4 Å². The van der Waals surface area contributed by atoms with Crippen molar-refractivity contribution < 1.29 is 22.7 Å². The first-order chi connectivity index (χ1) is 14.9. The van der Waals surface area contributed by atoms with Gasteiger partial charge in [-0.1, -0.05) is 42.5 Å². The van der Waals surface area contributed by atoms with E-state index in [1.165, 1.54) is 18.2 Å². The minimum absolute atomic E-state index is 0.158. The fraction of sp³-hybridized carbons (Fsp3) is 0.0870. The van der Waals surface area contributed by atoms with Crippen molar-refractivity contribution in [2.24, 2.45) is 5.10 Å². The van der Waals surface area contributed by atoms with Crippen LogP contribution in [0, 0.1) is 11.3 Å². The standard InChI is InChI=1S/C23H16F3N3O2/c24-23(25,26)21-4-2-1-3-19(21)14-28-29-22(30)15-31-20-11-9-18(10-12-20)17-7-5-16(13-27)6-8-17/h1-12,14H,15H2,(H,29,30)/b28-14-. The van der Waals surface area contributed by atoms with Gasteiger partial charge in [-0.05, 0) is 41.5 Å². The highest BCUT2D eigenvalue weighted by atomic mass is 19.4. The van der Waals surface area contributed by atoms with E-state index in [-0.39, 0.29) is 12.2 Å². The van der Waals surface area contributed by atoms with E-state index in [0.717, 1.165) is 23.4 Å². The van der Waals surface area contributed by atoms with E-state index < -0.39 is 17.6 Å². The summed E-state index contributed by atoms with van der Waals surface area (Å²) >= 11 is 0. The molecule has 3 aromatic carbocycles. The second-order valence-corrected chi connectivity index (χ2v) is 6.38. The Balaban J connectivity index is 1.53. The number of carbonyl (C=O) groups excluding carboxylic acids is 1. The molecule has 0 aliphatic carbocycles. The second-order valence-electron chi connectivity index (χ2n) is 6.38. The second kappa shape index (κ2) is 9.59. The molecule has 31 heavy (non-hydrogen) atoms. The van der Waals surface area contributed by atoms with Crippen LogP contribution in [0.3, 0.4) is 0 Å². The number of amides is 1. The quantitative estimate of drug-likeness (QED) is 0.458. The van der Waals surface area contributed by atoms with Gasteiger partial charge in [0.15, 0.2) is 6.61 Å². The molecule has 3 aromatic rings. The molecule has 0 bridgehead atoms.